The Labute approximate surface area is 357 Å². The van der Waals surface area contributed by atoms with Gasteiger partial charge in [0, 0.05) is 38.2 Å². The zero-order valence-corrected chi connectivity index (χ0v) is 33.9. The van der Waals surface area contributed by atoms with Crippen molar-refractivity contribution in [2.45, 2.75) is 13.8 Å². The number of nitriles is 2. The molecule has 3 aromatic heterocycles. The summed E-state index contributed by atoms with van der Waals surface area (Å²) in [6.45, 7) is 4.23. The molecule has 0 atom stereocenters. The summed E-state index contributed by atoms with van der Waals surface area (Å²) in [5.41, 5.74) is 13.7. The lowest BCUT2D eigenvalue weighted by molar-refractivity contribution is 1.06. The summed E-state index contributed by atoms with van der Waals surface area (Å²) in [6, 6.07) is 64.4. The Morgan fingerprint density at radius 2 is 0.839 bits per heavy atom. The molecule has 3 heterocycles. The van der Waals surface area contributed by atoms with Crippen LogP contribution >= 0.6 is 0 Å². The van der Waals surface area contributed by atoms with Gasteiger partial charge in [-0.15, -0.1) is 0 Å². The number of nitrogens with zero attached hydrogens (tertiary/aromatic N) is 7. The first-order chi connectivity index (χ1) is 30.4. The molecule has 8 aromatic carbocycles. The summed E-state index contributed by atoms with van der Waals surface area (Å²) in [7, 11) is 0. The average Bonchev–Trinajstić information content (AvgIpc) is 3.83. The number of hydrogen-bond acceptors (Lipinski definition) is 5. The van der Waals surface area contributed by atoms with Crippen LogP contribution in [0.15, 0.2) is 176 Å². The summed E-state index contributed by atoms with van der Waals surface area (Å²) in [6.07, 6.45) is 0. The highest BCUT2D eigenvalue weighted by Crippen LogP contribution is 2.40. The topological polar surface area (TPSA) is 96.1 Å². The smallest absolute Gasteiger partial charge is 0.166 e. The van der Waals surface area contributed by atoms with Gasteiger partial charge < -0.3 is 9.13 Å². The van der Waals surface area contributed by atoms with Crippen LogP contribution in [0, 0.1) is 36.5 Å². The van der Waals surface area contributed by atoms with Gasteiger partial charge in [-0.3, -0.25) is 0 Å². The summed E-state index contributed by atoms with van der Waals surface area (Å²) in [5, 5.41) is 24.4. The van der Waals surface area contributed by atoms with Crippen molar-refractivity contribution >= 4 is 43.6 Å². The number of hydrogen-bond donors (Lipinski definition) is 0. The van der Waals surface area contributed by atoms with Crippen LogP contribution in [0.2, 0.25) is 0 Å². The van der Waals surface area contributed by atoms with Crippen molar-refractivity contribution < 1.29 is 0 Å². The highest BCUT2D eigenvalue weighted by molar-refractivity contribution is 6.11. The van der Waals surface area contributed by atoms with E-state index in [4.69, 9.17) is 15.0 Å². The highest BCUT2D eigenvalue weighted by Gasteiger charge is 2.23. The number of aryl methyl sites for hydroxylation is 2. The Morgan fingerprint density at radius 3 is 1.42 bits per heavy atom. The number of benzene rings is 8. The van der Waals surface area contributed by atoms with Crippen molar-refractivity contribution in [3.8, 4) is 68.8 Å². The van der Waals surface area contributed by atoms with Gasteiger partial charge in [-0.2, -0.15) is 10.5 Å². The van der Waals surface area contributed by atoms with E-state index >= 15 is 0 Å². The maximum atomic E-state index is 10.3. The van der Waals surface area contributed by atoms with Crippen LogP contribution in [0.1, 0.15) is 22.3 Å². The largest absolute Gasteiger partial charge is 0.308 e. The van der Waals surface area contributed by atoms with E-state index in [0.717, 1.165) is 82.8 Å². The molecule has 0 N–H and O–H groups in total. The quantitative estimate of drug-likeness (QED) is 0.167. The first-order valence-electron chi connectivity index (χ1n) is 20.5. The monoisotopic (exact) mass is 793 g/mol. The molecule has 0 aliphatic heterocycles. The van der Waals surface area contributed by atoms with E-state index in [1.54, 1.807) is 0 Å². The molecule has 11 rings (SSSR count). The summed E-state index contributed by atoms with van der Waals surface area (Å²) in [4.78, 5) is 15.9. The van der Waals surface area contributed by atoms with E-state index in [1.165, 1.54) is 11.1 Å². The molecule has 7 nitrogen and oxygen atoms in total. The predicted molar refractivity (Wildman–Crippen MR) is 249 cm³/mol. The van der Waals surface area contributed by atoms with Gasteiger partial charge >= 0.3 is 0 Å². The number of fused-ring (bicyclic) bond motifs is 6. The lowest BCUT2D eigenvalue weighted by Gasteiger charge is -2.18. The van der Waals surface area contributed by atoms with Crippen molar-refractivity contribution in [2.24, 2.45) is 0 Å². The number of para-hydroxylation sites is 2. The summed E-state index contributed by atoms with van der Waals surface area (Å²) in [5.74, 6) is 1.51. The first kappa shape index (κ1) is 36.4. The summed E-state index contributed by atoms with van der Waals surface area (Å²) >= 11 is 0. The van der Waals surface area contributed by atoms with E-state index in [1.807, 2.05) is 78.9 Å². The molecule has 0 amide bonds. The van der Waals surface area contributed by atoms with Gasteiger partial charge in [0.2, 0.25) is 0 Å². The van der Waals surface area contributed by atoms with Crippen molar-refractivity contribution in [3.63, 3.8) is 0 Å². The van der Waals surface area contributed by atoms with Crippen molar-refractivity contribution in [2.75, 3.05) is 0 Å². The molecule has 0 fully saturated rings. The zero-order chi connectivity index (χ0) is 41.9. The maximum Gasteiger partial charge on any atom is 0.166 e. The number of rotatable bonds is 6. The Kier molecular flexibility index (Phi) is 8.56. The third-order valence-corrected chi connectivity index (χ3v) is 11.8. The first-order valence-corrected chi connectivity index (χ1v) is 20.5. The van der Waals surface area contributed by atoms with Gasteiger partial charge in [-0.25, -0.2) is 15.0 Å². The van der Waals surface area contributed by atoms with Crippen LogP contribution in [0.5, 0.6) is 0 Å². The Morgan fingerprint density at radius 1 is 0.371 bits per heavy atom. The molecule has 0 unspecified atom stereocenters. The minimum absolute atomic E-state index is 0.478. The lowest BCUT2D eigenvalue weighted by atomic mass is 10.00. The fraction of sp³-hybridized carbons (Fsp3) is 0.0364. The number of aromatic nitrogens is 5. The Hall–Kier alpha value is -8.65. The van der Waals surface area contributed by atoms with E-state index in [0.29, 0.717) is 28.6 Å². The van der Waals surface area contributed by atoms with E-state index in [9.17, 15) is 10.5 Å². The standard InChI is InChI=1S/C55H35N7/c1-34-16-26-49-45(28-34)41-12-6-8-14-47(41)61(49)51-30-37(33-57)20-24-43(51)54-58-53(39-10-4-3-5-11-39)59-55(60-54)44-25-23-40(38-21-18-36(32-56)19-22-38)31-52(44)62-48-15-9-7-13-42(48)46-29-35(2)17-27-50(46)62/h3-31H,1-2H3. The van der Waals surface area contributed by atoms with E-state index < -0.39 is 0 Å². The predicted octanol–water partition coefficient (Wildman–Crippen LogP) is 13.1. The third-order valence-electron chi connectivity index (χ3n) is 11.8. The molecule has 62 heavy (non-hydrogen) atoms. The molecule has 0 bridgehead atoms. The van der Waals surface area contributed by atoms with Gasteiger partial charge in [0.1, 0.15) is 0 Å². The molecule has 0 aliphatic carbocycles. The van der Waals surface area contributed by atoms with Crippen LogP contribution in [-0.4, -0.2) is 24.1 Å². The van der Waals surface area contributed by atoms with E-state index in [-0.39, 0.29) is 0 Å². The second-order valence-electron chi connectivity index (χ2n) is 15.7. The van der Waals surface area contributed by atoms with Crippen molar-refractivity contribution in [1.82, 2.24) is 24.1 Å². The molecule has 7 heteroatoms. The van der Waals surface area contributed by atoms with Crippen LogP contribution in [0.25, 0.3) is 100 Å². The molecule has 11 aromatic rings. The fourth-order valence-electron chi connectivity index (χ4n) is 8.82. The molecule has 0 saturated carbocycles. The van der Waals surface area contributed by atoms with Gasteiger partial charge in [-0.1, -0.05) is 108 Å². The average molecular weight is 794 g/mol. The van der Waals surface area contributed by atoms with Gasteiger partial charge in [0.25, 0.3) is 0 Å². The van der Waals surface area contributed by atoms with Gasteiger partial charge in [0.15, 0.2) is 17.5 Å². The third kappa shape index (κ3) is 6.00. The molecular weight excluding hydrogens is 759 g/mol. The fourth-order valence-corrected chi connectivity index (χ4v) is 8.82. The Bertz CT molecular complexity index is 3670. The lowest BCUT2D eigenvalue weighted by Crippen LogP contribution is -2.06. The van der Waals surface area contributed by atoms with Crippen LogP contribution in [-0.2, 0) is 0 Å². The molecule has 0 spiro atoms. The Balaban J connectivity index is 1.22. The second-order valence-corrected chi connectivity index (χ2v) is 15.7. The highest BCUT2D eigenvalue weighted by atomic mass is 15.1. The molecule has 0 saturated heterocycles. The van der Waals surface area contributed by atoms with E-state index in [2.05, 4.69) is 132 Å². The SMILES string of the molecule is Cc1ccc2c(c1)c1ccccc1n2-c1cc(C#N)ccc1-c1nc(-c2ccccc2)nc(-c2ccc(-c3ccc(C#N)cc3)cc2-n2c3ccccc3c3cc(C)ccc32)n1. The van der Waals surface area contributed by atoms with Crippen molar-refractivity contribution in [1.29, 1.82) is 10.5 Å². The van der Waals surface area contributed by atoms with Crippen LogP contribution in [0.4, 0.5) is 0 Å². The van der Waals surface area contributed by atoms with Gasteiger partial charge in [-0.05, 0) is 104 Å². The maximum absolute atomic E-state index is 10.3. The normalized spacial score (nSPS) is 11.4. The van der Waals surface area contributed by atoms with Crippen molar-refractivity contribution in [3.05, 3.63) is 198 Å². The molecule has 0 radical (unpaired) electrons. The minimum Gasteiger partial charge on any atom is -0.308 e. The minimum atomic E-state index is 0.478. The molecule has 290 valence electrons. The van der Waals surface area contributed by atoms with Crippen LogP contribution in [0.3, 0.4) is 0 Å². The zero-order valence-electron chi connectivity index (χ0n) is 33.9. The second kappa shape index (κ2) is 14.6. The van der Waals surface area contributed by atoms with Crippen LogP contribution < -0.4 is 0 Å². The molecule has 0 aliphatic rings. The molecular formula is C55H35N7. The van der Waals surface area contributed by atoms with Gasteiger partial charge in [0.05, 0.1) is 56.7 Å². The summed E-state index contributed by atoms with van der Waals surface area (Å²) < 4.78 is 4.54.